The number of amides is 1. The number of β-amino-alcohol motifs (C(OH)–C–C–N with tert-alkyl or cyclic N) is 1. The predicted octanol–water partition coefficient (Wildman–Crippen LogP) is 4.63. The van der Waals surface area contributed by atoms with Gasteiger partial charge in [0.2, 0.25) is 5.95 Å². The maximum atomic E-state index is 14.2. The van der Waals surface area contributed by atoms with Crippen LogP contribution in [0.15, 0.2) is 54.9 Å². The van der Waals surface area contributed by atoms with Gasteiger partial charge >= 0.3 is 0 Å². The summed E-state index contributed by atoms with van der Waals surface area (Å²) in [7, 11) is 0. The van der Waals surface area contributed by atoms with Crippen molar-refractivity contribution in [2.24, 2.45) is 0 Å². The van der Waals surface area contributed by atoms with Crippen molar-refractivity contribution in [2.45, 2.75) is 12.5 Å². The van der Waals surface area contributed by atoms with Gasteiger partial charge in [-0.05, 0) is 47.9 Å². The second kappa shape index (κ2) is 8.58. The van der Waals surface area contributed by atoms with E-state index in [1.807, 2.05) is 4.90 Å². The highest BCUT2D eigenvalue weighted by Gasteiger charge is 2.24. The fraction of sp³-hybridized carbons (Fsp3) is 0.160. The number of aromatic amines is 1. The van der Waals surface area contributed by atoms with Crippen molar-refractivity contribution in [3.05, 3.63) is 77.2 Å². The van der Waals surface area contributed by atoms with E-state index in [-0.39, 0.29) is 11.6 Å². The third kappa shape index (κ3) is 4.14. The highest BCUT2D eigenvalue weighted by molar-refractivity contribution is 6.30. The van der Waals surface area contributed by atoms with Crippen LogP contribution >= 0.6 is 11.6 Å². The summed E-state index contributed by atoms with van der Waals surface area (Å²) in [5.41, 5.74) is 3.58. The molecule has 4 heterocycles. The number of imidazole rings is 2. The number of anilines is 2. The predicted molar refractivity (Wildman–Crippen MR) is 132 cm³/mol. The number of aliphatic hydroxyl groups is 1. The number of carbonyl (C=O) groups excluding carboxylic acids is 1. The first kappa shape index (κ1) is 22.4. The number of H-pyrrole nitrogens is 1. The lowest BCUT2D eigenvalue weighted by Crippen LogP contribution is -2.22. The van der Waals surface area contributed by atoms with Gasteiger partial charge in [0.05, 0.1) is 22.8 Å². The summed E-state index contributed by atoms with van der Waals surface area (Å²) in [6.45, 7) is 0.938. The molecule has 3 N–H and O–H groups in total. The first-order chi connectivity index (χ1) is 17.3. The number of hydrogen-bond donors (Lipinski definition) is 3. The van der Waals surface area contributed by atoms with E-state index in [4.69, 9.17) is 11.6 Å². The number of nitrogens with one attached hydrogen (secondary N) is 2. The molecule has 3 aromatic heterocycles. The van der Waals surface area contributed by atoms with Gasteiger partial charge in [-0.2, -0.15) is 0 Å². The molecule has 0 radical (unpaired) electrons. The van der Waals surface area contributed by atoms with Gasteiger partial charge in [0.25, 0.3) is 5.91 Å². The maximum absolute atomic E-state index is 14.2. The van der Waals surface area contributed by atoms with E-state index in [0.29, 0.717) is 52.5 Å². The Hall–Kier alpha value is -4.02. The molecule has 1 fully saturated rings. The number of hydrogen-bond acceptors (Lipinski definition) is 5. The molecule has 1 saturated heterocycles. The fourth-order valence-corrected chi connectivity index (χ4v) is 4.71. The zero-order valence-corrected chi connectivity index (χ0v) is 19.4. The third-order valence-electron chi connectivity index (χ3n) is 6.14. The summed E-state index contributed by atoms with van der Waals surface area (Å²) in [6.07, 6.45) is 2.78. The minimum absolute atomic E-state index is 0.0807. The van der Waals surface area contributed by atoms with E-state index in [9.17, 15) is 18.7 Å². The first-order valence-corrected chi connectivity index (χ1v) is 11.6. The van der Waals surface area contributed by atoms with Gasteiger partial charge in [0, 0.05) is 36.6 Å². The van der Waals surface area contributed by atoms with Crippen LogP contribution < -0.4 is 10.2 Å². The van der Waals surface area contributed by atoms with Crippen molar-refractivity contribution in [3.8, 4) is 11.1 Å². The Labute approximate surface area is 208 Å². The number of carbonyl (C=O) groups is 1. The van der Waals surface area contributed by atoms with Gasteiger partial charge in [0.15, 0.2) is 5.65 Å². The molecule has 8 nitrogen and oxygen atoms in total. The Morgan fingerprint density at radius 1 is 1.08 bits per heavy atom. The zero-order valence-electron chi connectivity index (χ0n) is 18.7. The molecule has 0 aliphatic carbocycles. The molecule has 6 rings (SSSR count). The normalized spacial score (nSPS) is 15.8. The molecule has 0 bridgehead atoms. The summed E-state index contributed by atoms with van der Waals surface area (Å²) in [5, 5.41) is 12.8. The Bertz CT molecular complexity index is 1630. The molecule has 0 spiro atoms. The van der Waals surface area contributed by atoms with E-state index in [2.05, 4.69) is 20.3 Å². The van der Waals surface area contributed by atoms with Crippen LogP contribution in [-0.2, 0) is 0 Å². The molecule has 0 saturated carbocycles. The number of pyridine rings is 1. The van der Waals surface area contributed by atoms with Crippen molar-refractivity contribution >= 4 is 45.8 Å². The highest BCUT2D eigenvalue weighted by atomic mass is 35.5. The molecule has 1 aliphatic heterocycles. The van der Waals surface area contributed by atoms with E-state index >= 15 is 0 Å². The number of fused-ring (bicyclic) bond motifs is 2. The van der Waals surface area contributed by atoms with Crippen LogP contribution in [0.25, 0.3) is 27.8 Å². The summed E-state index contributed by atoms with van der Waals surface area (Å²) in [5.74, 6) is -1.24. The molecule has 1 unspecified atom stereocenters. The van der Waals surface area contributed by atoms with Crippen LogP contribution in [0.2, 0.25) is 5.02 Å². The lowest BCUT2D eigenvalue weighted by atomic mass is 10.1. The average Bonchev–Trinajstić information content (AvgIpc) is 3.54. The van der Waals surface area contributed by atoms with Crippen LogP contribution in [0, 0.1) is 11.6 Å². The maximum Gasteiger partial charge on any atom is 0.278 e. The zero-order chi connectivity index (χ0) is 25.0. The number of rotatable bonds is 4. The smallest absolute Gasteiger partial charge is 0.278 e. The lowest BCUT2D eigenvalue weighted by Gasteiger charge is -2.18. The van der Waals surface area contributed by atoms with Crippen molar-refractivity contribution in [2.75, 3.05) is 23.3 Å². The van der Waals surface area contributed by atoms with Gasteiger partial charge in [-0.25, -0.2) is 18.7 Å². The number of aromatic nitrogens is 4. The SMILES string of the molecule is O=C(Nc1nc2ccc(-c3cc(F)cc(Cl)c3)cc2[nH]1)c1cn2cc(F)cc(N3CCC(O)C3)c2n1. The molecule has 11 heteroatoms. The van der Waals surface area contributed by atoms with Crippen molar-refractivity contribution in [3.63, 3.8) is 0 Å². The number of aliphatic hydroxyl groups excluding tert-OH is 1. The van der Waals surface area contributed by atoms with E-state index < -0.39 is 23.6 Å². The van der Waals surface area contributed by atoms with Gasteiger partial charge in [0.1, 0.15) is 17.3 Å². The molecular formula is C25H19ClF2N6O2. The van der Waals surface area contributed by atoms with Crippen LogP contribution in [-0.4, -0.2) is 49.6 Å². The lowest BCUT2D eigenvalue weighted by molar-refractivity contribution is 0.102. The van der Waals surface area contributed by atoms with Crippen molar-refractivity contribution in [1.29, 1.82) is 0 Å². The molecule has 1 atom stereocenters. The minimum atomic E-state index is -0.525. The largest absolute Gasteiger partial charge is 0.391 e. The molecule has 2 aromatic carbocycles. The van der Waals surface area contributed by atoms with Crippen molar-refractivity contribution < 1.29 is 18.7 Å². The van der Waals surface area contributed by atoms with Crippen LogP contribution in [0.4, 0.5) is 20.4 Å². The molecular weight excluding hydrogens is 490 g/mol. The number of halogens is 3. The fourth-order valence-electron chi connectivity index (χ4n) is 4.49. The van der Waals surface area contributed by atoms with Gasteiger partial charge in [-0.1, -0.05) is 17.7 Å². The number of nitrogens with zero attached hydrogens (tertiary/aromatic N) is 4. The third-order valence-corrected chi connectivity index (χ3v) is 6.36. The topological polar surface area (TPSA) is 98.5 Å². The van der Waals surface area contributed by atoms with Crippen LogP contribution in [0.3, 0.4) is 0 Å². The summed E-state index contributed by atoms with van der Waals surface area (Å²) < 4.78 is 29.5. The van der Waals surface area contributed by atoms with Crippen molar-refractivity contribution in [1.82, 2.24) is 19.4 Å². The Morgan fingerprint density at radius 3 is 2.72 bits per heavy atom. The van der Waals surface area contributed by atoms with Crippen LogP contribution in [0.1, 0.15) is 16.9 Å². The monoisotopic (exact) mass is 508 g/mol. The first-order valence-electron chi connectivity index (χ1n) is 11.2. The summed E-state index contributed by atoms with van der Waals surface area (Å²) >= 11 is 5.98. The van der Waals surface area contributed by atoms with Crippen LogP contribution in [0.5, 0.6) is 0 Å². The summed E-state index contributed by atoms with van der Waals surface area (Å²) in [6, 6.07) is 11.0. The highest BCUT2D eigenvalue weighted by Crippen LogP contribution is 2.29. The second-order valence-corrected chi connectivity index (χ2v) is 9.16. The molecule has 1 aliphatic rings. The average molecular weight is 509 g/mol. The molecule has 5 aromatic rings. The van der Waals surface area contributed by atoms with E-state index in [1.54, 1.807) is 24.3 Å². The Morgan fingerprint density at radius 2 is 1.94 bits per heavy atom. The Balaban J connectivity index is 1.28. The number of benzene rings is 2. The molecule has 1 amide bonds. The minimum Gasteiger partial charge on any atom is -0.391 e. The van der Waals surface area contributed by atoms with E-state index in [0.717, 1.165) is 5.56 Å². The molecule has 182 valence electrons. The molecule has 36 heavy (non-hydrogen) atoms. The standard InChI is InChI=1S/C25H19ClF2N6O2/c26-15-5-14(6-16(27)8-15)13-1-2-19-20(7-13)31-25(30-19)32-24(36)21-12-34-10-17(28)9-22(23(34)29-21)33-4-3-18(35)11-33/h1-2,5-10,12,18,35H,3-4,11H2,(H2,30,31,32,36). The Kier molecular flexibility index (Phi) is 5.35. The quantitative estimate of drug-likeness (QED) is 0.329. The second-order valence-electron chi connectivity index (χ2n) is 8.72. The van der Waals surface area contributed by atoms with Gasteiger partial charge < -0.3 is 19.4 Å². The van der Waals surface area contributed by atoms with Gasteiger partial charge in [-0.3, -0.25) is 10.1 Å². The van der Waals surface area contributed by atoms with Gasteiger partial charge in [-0.15, -0.1) is 0 Å². The van der Waals surface area contributed by atoms with E-state index in [1.165, 1.54) is 35.0 Å². The summed E-state index contributed by atoms with van der Waals surface area (Å²) in [4.78, 5) is 26.6.